The van der Waals surface area contributed by atoms with Crippen molar-refractivity contribution in [2.75, 3.05) is 0 Å². The Labute approximate surface area is 210 Å². The zero-order valence-corrected chi connectivity index (χ0v) is 20.4. The van der Waals surface area contributed by atoms with Gasteiger partial charge >= 0.3 is 0 Å². The molecule has 36 heavy (non-hydrogen) atoms. The molecule has 0 atom stereocenters. The molecule has 0 saturated carbocycles. The lowest BCUT2D eigenvalue weighted by molar-refractivity contribution is 0.645. The normalized spacial score (nSPS) is 14.1. The van der Waals surface area contributed by atoms with Crippen LogP contribution in [0.25, 0.3) is 60.2 Å². The first-order chi connectivity index (χ1) is 17.6. The quantitative estimate of drug-likeness (QED) is 0.230. The number of fused-ring (bicyclic) bond motifs is 7. The lowest BCUT2D eigenvalue weighted by Gasteiger charge is -2.35. The summed E-state index contributed by atoms with van der Waals surface area (Å²) in [5, 5.41) is 7.87. The maximum atomic E-state index is 2.50. The minimum Gasteiger partial charge on any atom is -0.309 e. The first-order valence-corrected chi connectivity index (χ1v) is 12.7. The summed E-state index contributed by atoms with van der Waals surface area (Å²) in [7, 11) is 0. The van der Waals surface area contributed by atoms with Crippen LogP contribution in [0, 0.1) is 0 Å². The van der Waals surface area contributed by atoms with Gasteiger partial charge in [-0.25, -0.2) is 0 Å². The molecule has 0 fully saturated rings. The van der Waals surface area contributed by atoms with Crippen LogP contribution in [0.5, 0.6) is 0 Å². The van der Waals surface area contributed by atoms with Gasteiger partial charge in [-0.1, -0.05) is 98.8 Å². The highest BCUT2D eigenvalue weighted by molar-refractivity contribution is 6.24. The van der Waals surface area contributed by atoms with Gasteiger partial charge in [0.15, 0.2) is 0 Å². The van der Waals surface area contributed by atoms with Crippen LogP contribution in [0.3, 0.4) is 0 Å². The molecule has 0 bridgehead atoms. The molecular weight excluding hydrogens is 434 g/mol. The molecule has 1 aliphatic carbocycles. The van der Waals surface area contributed by atoms with E-state index in [-0.39, 0.29) is 5.41 Å². The summed E-state index contributed by atoms with van der Waals surface area (Å²) in [6.45, 7) is 4.74. The molecule has 170 valence electrons. The predicted octanol–water partition coefficient (Wildman–Crippen LogP) is 9.40. The summed E-state index contributed by atoms with van der Waals surface area (Å²) in [4.78, 5) is 0. The molecule has 7 aromatic rings. The molecule has 1 heterocycles. The topological polar surface area (TPSA) is 4.93 Å². The van der Waals surface area contributed by atoms with Crippen LogP contribution in [-0.2, 0) is 5.41 Å². The van der Waals surface area contributed by atoms with Gasteiger partial charge in [0.05, 0.1) is 11.0 Å². The number of rotatable bonds is 1. The van der Waals surface area contributed by atoms with Gasteiger partial charge in [-0.2, -0.15) is 0 Å². The molecular formula is C35H25N. The van der Waals surface area contributed by atoms with E-state index in [9.17, 15) is 0 Å². The van der Waals surface area contributed by atoms with Crippen LogP contribution in [0.15, 0.2) is 115 Å². The van der Waals surface area contributed by atoms with Crippen molar-refractivity contribution in [1.82, 2.24) is 4.57 Å². The number of benzene rings is 6. The Bertz CT molecular complexity index is 2000. The smallest absolute Gasteiger partial charge is 0.0626 e. The third-order valence-corrected chi connectivity index (χ3v) is 8.31. The second kappa shape index (κ2) is 6.86. The molecule has 1 aromatic heterocycles. The Morgan fingerprint density at radius 3 is 2.03 bits per heavy atom. The summed E-state index contributed by atoms with van der Waals surface area (Å²) >= 11 is 0. The number of hydrogen-bond donors (Lipinski definition) is 0. The van der Waals surface area contributed by atoms with Gasteiger partial charge in [0.25, 0.3) is 0 Å². The van der Waals surface area contributed by atoms with Crippen molar-refractivity contribution in [2.45, 2.75) is 19.3 Å². The number of para-hydroxylation sites is 1. The minimum absolute atomic E-state index is 0.0605. The lowest BCUT2D eigenvalue weighted by atomic mass is 9.68. The second-order valence-corrected chi connectivity index (χ2v) is 10.6. The van der Waals surface area contributed by atoms with Gasteiger partial charge in [-0.05, 0) is 68.6 Å². The summed E-state index contributed by atoms with van der Waals surface area (Å²) in [6.07, 6.45) is 0. The standard InChI is InChI=1S/C35H25N/c1-35(2)29-17-9-8-16-26(29)33-32-24(13-10-18-30(32)35)20-28-27-19-22-11-6-7-12-23(22)21-31(27)36(34(28)33)25-14-4-3-5-15-25/h3-21H,1-2H3. The van der Waals surface area contributed by atoms with Crippen LogP contribution in [0.1, 0.15) is 25.0 Å². The molecule has 0 N–H and O–H groups in total. The molecule has 0 unspecified atom stereocenters. The predicted molar refractivity (Wildman–Crippen MR) is 153 cm³/mol. The third-order valence-electron chi connectivity index (χ3n) is 8.31. The van der Waals surface area contributed by atoms with E-state index in [2.05, 4.69) is 134 Å². The fraction of sp³-hybridized carbons (Fsp3) is 0.0857. The Balaban J connectivity index is 1.71. The number of hydrogen-bond acceptors (Lipinski definition) is 0. The maximum absolute atomic E-state index is 2.50. The van der Waals surface area contributed by atoms with Crippen molar-refractivity contribution >= 4 is 43.4 Å². The molecule has 0 saturated heterocycles. The van der Waals surface area contributed by atoms with Crippen molar-refractivity contribution in [3.05, 3.63) is 126 Å². The van der Waals surface area contributed by atoms with E-state index in [1.807, 2.05) is 0 Å². The zero-order chi connectivity index (χ0) is 24.0. The van der Waals surface area contributed by atoms with Gasteiger partial charge < -0.3 is 4.57 Å². The number of nitrogens with zero attached hydrogens (tertiary/aromatic N) is 1. The van der Waals surface area contributed by atoms with Crippen LogP contribution in [0.4, 0.5) is 0 Å². The van der Waals surface area contributed by atoms with E-state index in [0.29, 0.717) is 0 Å². The summed E-state index contributed by atoms with van der Waals surface area (Å²) in [5.74, 6) is 0. The van der Waals surface area contributed by atoms with E-state index >= 15 is 0 Å². The van der Waals surface area contributed by atoms with Gasteiger partial charge in [0.2, 0.25) is 0 Å². The van der Waals surface area contributed by atoms with Gasteiger partial charge in [0.1, 0.15) is 0 Å². The van der Waals surface area contributed by atoms with Crippen LogP contribution in [-0.4, -0.2) is 4.57 Å². The molecule has 0 spiro atoms. The van der Waals surface area contributed by atoms with Gasteiger partial charge in [0, 0.05) is 27.4 Å². The molecule has 8 rings (SSSR count). The Morgan fingerprint density at radius 2 is 1.19 bits per heavy atom. The highest BCUT2D eigenvalue weighted by atomic mass is 15.0. The van der Waals surface area contributed by atoms with E-state index in [4.69, 9.17) is 0 Å². The fourth-order valence-corrected chi connectivity index (χ4v) is 6.65. The minimum atomic E-state index is -0.0605. The number of aromatic nitrogens is 1. The third kappa shape index (κ3) is 2.45. The van der Waals surface area contributed by atoms with E-state index < -0.39 is 0 Å². The molecule has 0 aliphatic heterocycles. The first kappa shape index (κ1) is 19.9. The van der Waals surface area contributed by atoms with Crippen LogP contribution < -0.4 is 0 Å². The highest BCUT2D eigenvalue weighted by Gasteiger charge is 2.35. The van der Waals surface area contributed by atoms with Crippen LogP contribution in [0.2, 0.25) is 0 Å². The highest BCUT2D eigenvalue weighted by Crippen LogP contribution is 2.52. The fourth-order valence-electron chi connectivity index (χ4n) is 6.65. The van der Waals surface area contributed by atoms with Gasteiger partial charge in [-0.15, -0.1) is 0 Å². The summed E-state index contributed by atoms with van der Waals surface area (Å²) in [5.41, 5.74) is 9.20. The van der Waals surface area contributed by atoms with E-state index in [1.165, 1.54) is 71.3 Å². The van der Waals surface area contributed by atoms with Crippen LogP contribution >= 0.6 is 0 Å². The average molecular weight is 460 g/mol. The second-order valence-electron chi connectivity index (χ2n) is 10.6. The SMILES string of the molecule is CC1(C)c2ccccc2-c2c3c1cccc3cc1c3cc4ccccc4cc3n(-c3ccccc3)c21. The summed E-state index contributed by atoms with van der Waals surface area (Å²) < 4.78 is 2.50. The molecule has 1 heteroatoms. The van der Waals surface area contributed by atoms with Crippen molar-refractivity contribution < 1.29 is 0 Å². The molecule has 1 nitrogen and oxygen atoms in total. The van der Waals surface area contributed by atoms with Crippen molar-refractivity contribution in [3.63, 3.8) is 0 Å². The van der Waals surface area contributed by atoms with Crippen molar-refractivity contribution in [2.24, 2.45) is 0 Å². The average Bonchev–Trinajstić information content (AvgIpc) is 3.23. The van der Waals surface area contributed by atoms with E-state index in [1.54, 1.807) is 0 Å². The molecule has 1 aliphatic rings. The molecule has 0 radical (unpaired) electrons. The van der Waals surface area contributed by atoms with Crippen molar-refractivity contribution in [3.8, 4) is 16.8 Å². The monoisotopic (exact) mass is 459 g/mol. The largest absolute Gasteiger partial charge is 0.309 e. The van der Waals surface area contributed by atoms with E-state index in [0.717, 1.165) is 0 Å². The lowest BCUT2D eigenvalue weighted by Crippen LogP contribution is -2.23. The summed E-state index contributed by atoms with van der Waals surface area (Å²) in [6, 6.07) is 42.6. The Morgan fingerprint density at radius 1 is 0.556 bits per heavy atom. The van der Waals surface area contributed by atoms with Gasteiger partial charge in [-0.3, -0.25) is 0 Å². The Hall–Kier alpha value is -4.36. The molecule has 6 aromatic carbocycles. The van der Waals surface area contributed by atoms with Crippen molar-refractivity contribution in [1.29, 1.82) is 0 Å². The zero-order valence-electron chi connectivity index (χ0n) is 20.4. The molecule has 0 amide bonds. The maximum Gasteiger partial charge on any atom is 0.0626 e. The first-order valence-electron chi connectivity index (χ1n) is 12.7. The Kier molecular flexibility index (Phi) is 3.79.